The summed E-state index contributed by atoms with van der Waals surface area (Å²) in [6.07, 6.45) is 0. The van der Waals surface area contributed by atoms with Crippen molar-refractivity contribution in [2.75, 3.05) is 0 Å². The minimum absolute atomic E-state index is 0.178. The first-order valence-electron chi connectivity index (χ1n) is 7.29. The molecule has 3 aromatic rings. The first-order valence-corrected chi connectivity index (χ1v) is 12.2. The Morgan fingerprint density at radius 3 is 1.50 bits per heavy atom. The van der Waals surface area contributed by atoms with E-state index >= 15 is 0 Å². The Bertz CT molecular complexity index is 809. The summed E-state index contributed by atoms with van der Waals surface area (Å²) >= 11 is -0.613. The molecule has 0 aromatic heterocycles. The van der Waals surface area contributed by atoms with E-state index in [0.29, 0.717) is 0 Å². The van der Waals surface area contributed by atoms with Crippen LogP contribution in [0.2, 0.25) is 0 Å². The van der Waals surface area contributed by atoms with E-state index in [1.54, 1.807) is 18.7 Å². The average Bonchev–Trinajstić information content (AvgIpc) is 2.57. The molecule has 24 heavy (non-hydrogen) atoms. The van der Waals surface area contributed by atoms with E-state index in [4.69, 9.17) is 0 Å². The molecule has 0 saturated heterocycles. The van der Waals surface area contributed by atoms with Gasteiger partial charge in [0.15, 0.2) is 0 Å². The zero-order valence-corrected chi connectivity index (χ0v) is 17.5. The van der Waals surface area contributed by atoms with Crippen molar-refractivity contribution in [3.63, 3.8) is 0 Å². The number of hydrogen-bond acceptors (Lipinski definition) is 3. The van der Waals surface area contributed by atoms with Crippen LogP contribution in [0.4, 0.5) is 0 Å². The zero-order chi connectivity index (χ0) is 17.4. The third-order valence-electron chi connectivity index (χ3n) is 3.08. The van der Waals surface area contributed by atoms with Gasteiger partial charge in [-0.1, -0.05) is 17.7 Å². The van der Waals surface area contributed by atoms with Crippen molar-refractivity contribution >= 4 is 39.9 Å². The van der Waals surface area contributed by atoms with Crippen molar-refractivity contribution < 1.29 is 13.0 Å². The number of benzene rings is 3. The molecule has 0 heterocycles. The van der Waals surface area contributed by atoms with Crippen LogP contribution in [0.1, 0.15) is 5.56 Å². The van der Waals surface area contributed by atoms with Crippen molar-refractivity contribution in [3.05, 3.63) is 90.5 Å². The molecule has 0 bridgehead atoms. The topological polar surface area (TPSA) is 57.2 Å². The molecule has 0 aliphatic rings. The molecule has 122 valence electrons. The molecule has 0 atom stereocenters. The first kappa shape index (κ1) is 18.8. The van der Waals surface area contributed by atoms with E-state index in [1.807, 2.05) is 6.92 Å². The predicted octanol–water partition coefficient (Wildman–Crippen LogP) is 2.24. The van der Waals surface area contributed by atoms with Crippen molar-refractivity contribution in [1.29, 1.82) is 0 Å². The van der Waals surface area contributed by atoms with Crippen LogP contribution >= 0.6 is 0 Å². The quantitative estimate of drug-likeness (QED) is 0.383. The second-order valence-electron chi connectivity index (χ2n) is 5.05. The van der Waals surface area contributed by atoms with E-state index in [9.17, 15) is 13.0 Å². The average molecular weight is 534 g/mol. The molecule has 5 heteroatoms. The maximum atomic E-state index is 10.4. The molecular weight excluding hydrogens is 517 g/mol. The van der Waals surface area contributed by atoms with Gasteiger partial charge in [0, 0.05) is 0 Å². The van der Waals surface area contributed by atoms with Gasteiger partial charge >= 0.3 is 90.4 Å². The molecule has 3 aromatic carbocycles. The molecule has 0 N–H and O–H groups in total. The van der Waals surface area contributed by atoms with Gasteiger partial charge in [0.1, 0.15) is 10.1 Å². The SMILES string of the molecule is Cc1ccc(S(=O)(=O)[O-])cc1.c1cc[c]([Bi+][c]2ccccc2)cc1. The summed E-state index contributed by atoms with van der Waals surface area (Å²) in [5.41, 5.74) is 0.928. The number of hydrogen-bond donors (Lipinski definition) is 0. The van der Waals surface area contributed by atoms with E-state index in [2.05, 4.69) is 60.7 Å². The Labute approximate surface area is 154 Å². The van der Waals surface area contributed by atoms with Crippen LogP contribution in [-0.4, -0.2) is 36.2 Å². The Morgan fingerprint density at radius 1 is 0.708 bits per heavy atom. The van der Waals surface area contributed by atoms with Crippen molar-refractivity contribution in [2.45, 2.75) is 11.8 Å². The normalized spacial score (nSPS) is 10.6. The molecule has 0 saturated carbocycles. The van der Waals surface area contributed by atoms with E-state index in [1.165, 1.54) is 12.1 Å². The van der Waals surface area contributed by atoms with Gasteiger partial charge in [-0.2, -0.15) is 0 Å². The summed E-state index contributed by atoms with van der Waals surface area (Å²) in [7, 11) is -4.27. The van der Waals surface area contributed by atoms with E-state index < -0.39 is 33.4 Å². The van der Waals surface area contributed by atoms with Crippen molar-refractivity contribution in [1.82, 2.24) is 0 Å². The second-order valence-corrected chi connectivity index (χ2v) is 11.3. The van der Waals surface area contributed by atoms with Crippen LogP contribution in [0.3, 0.4) is 0 Å². The van der Waals surface area contributed by atoms with Crippen LogP contribution in [0.15, 0.2) is 89.8 Å². The molecule has 0 aliphatic heterocycles. The molecule has 0 amide bonds. The molecular formula is C19H17BiO3S. The Kier molecular flexibility index (Phi) is 7.10. The summed E-state index contributed by atoms with van der Waals surface area (Å²) < 4.78 is 34.3. The standard InChI is InChI=1S/C7H8O3S.2C6H5.Bi/c1-6-2-4-7(5-3-6)11(8,9)10;2*1-2-4-6-5-3-1;/h2-5H,1H3,(H,8,9,10);2*1-5H;/q;;;+1/p-1. The van der Waals surface area contributed by atoms with Gasteiger partial charge in [-0.15, -0.1) is 0 Å². The zero-order valence-electron chi connectivity index (χ0n) is 13.2. The van der Waals surface area contributed by atoms with Gasteiger partial charge in [0.25, 0.3) is 0 Å². The fourth-order valence-electron chi connectivity index (χ4n) is 1.86. The predicted molar refractivity (Wildman–Crippen MR) is 97.0 cm³/mol. The van der Waals surface area contributed by atoms with Gasteiger partial charge in [0.2, 0.25) is 0 Å². The van der Waals surface area contributed by atoms with Gasteiger partial charge in [-0.05, 0) is 19.1 Å². The van der Waals surface area contributed by atoms with Crippen molar-refractivity contribution in [2.24, 2.45) is 0 Å². The molecule has 0 fully saturated rings. The number of aryl methyl sites for hydroxylation is 1. The molecule has 0 unspecified atom stereocenters. The van der Waals surface area contributed by atoms with Gasteiger partial charge in [0.05, 0.1) is 4.90 Å². The third-order valence-corrected chi connectivity index (χ3v) is 8.26. The fourth-order valence-corrected chi connectivity index (χ4v) is 5.98. The Hall–Kier alpha value is -1.55. The summed E-state index contributed by atoms with van der Waals surface area (Å²) in [6, 6.07) is 27.4. The van der Waals surface area contributed by atoms with Gasteiger partial charge < -0.3 is 4.55 Å². The van der Waals surface area contributed by atoms with E-state index in [-0.39, 0.29) is 4.90 Å². The van der Waals surface area contributed by atoms with Gasteiger partial charge in [-0.25, -0.2) is 8.42 Å². The van der Waals surface area contributed by atoms with Crippen LogP contribution in [0.5, 0.6) is 0 Å². The van der Waals surface area contributed by atoms with Crippen LogP contribution in [0, 0.1) is 6.92 Å². The van der Waals surface area contributed by atoms with Crippen LogP contribution in [0.25, 0.3) is 0 Å². The monoisotopic (exact) mass is 534 g/mol. The summed E-state index contributed by atoms with van der Waals surface area (Å²) in [5, 5.41) is 0. The molecule has 3 nitrogen and oxygen atoms in total. The Balaban J connectivity index is 0.000000177. The van der Waals surface area contributed by atoms with E-state index in [0.717, 1.165) is 5.56 Å². The number of rotatable bonds is 3. The molecule has 3 rings (SSSR count). The molecule has 0 spiro atoms. The summed E-state index contributed by atoms with van der Waals surface area (Å²) in [6.45, 7) is 1.82. The first-order chi connectivity index (χ1) is 11.4. The van der Waals surface area contributed by atoms with Crippen molar-refractivity contribution in [3.8, 4) is 0 Å². The Morgan fingerprint density at radius 2 is 1.12 bits per heavy atom. The van der Waals surface area contributed by atoms with Gasteiger partial charge in [-0.3, -0.25) is 0 Å². The summed E-state index contributed by atoms with van der Waals surface area (Å²) in [5.74, 6) is 0. The maximum absolute atomic E-state index is 10.4. The fraction of sp³-hybridized carbons (Fsp3) is 0.0526. The minimum atomic E-state index is -4.27. The molecule has 0 aliphatic carbocycles. The molecule has 2 radical (unpaired) electrons. The second kappa shape index (κ2) is 9.07. The van der Waals surface area contributed by atoms with Crippen LogP contribution < -0.4 is 6.54 Å². The summed E-state index contributed by atoms with van der Waals surface area (Å²) in [4.78, 5) is -0.178. The third kappa shape index (κ3) is 6.52. The van der Waals surface area contributed by atoms with Crippen LogP contribution in [-0.2, 0) is 10.1 Å².